The number of aromatic nitrogens is 2. The number of hydrogen-bond acceptors (Lipinski definition) is 4. The van der Waals surface area contributed by atoms with Gasteiger partial charge in [-0.1, -0.05) is 37.3 Å². The van der Waals surface area contributed by atoms with Gasteiger partial charge in [0.2, 0.25) is 5.91 Å². The molecule has 6 nitrogen and oxygen atoms in total. The standard InChI is InChI=1S/C20H26N4O2/c1-2-14-23(17-10-12-21-13-11-17)20(26)15-24-19(25)9-8-18(22-24)16-6-4-3-5-7-16/h3-9,17,21H,2,10-15H2,1H3. The maximum Gasteiger partial charge on any atom is 0.267 e. The Morgan fingerprint density at radius 1 is 1.19 bits per heavy atom. The Morgan fingerprint density at radius 2 is 1.92 bits per heavy atom. The van der Waals surface area contributed by atoms with Crippen molar-refractivity contribution in [2.24, 2.45) is 0 Å². The minimum atomic E-state index is -0.250. The summed E-state index contributed by atoms with van der Waals surface area (Å²) in [7, 11) is 0. The molecule has 138 valence electrons. The molecule has 1 aliphatic rings. The Balaban J connectivity index is 1.80. The Kier molecular flexibility index (Phi) is 6.17. The highest BCUT2D eigenvalue weighted by molar-refractivity contribution is 5.76. The van der Waals surface area contributed by atoms with Gasteiger partial charge in [-0.15, -0.1) is 0 Å². The zero-order valence-corrected chi connectivity index (χ0v) is 15.2. The Bertz CT molecular complexity index is 782. The first-order chi connectivity index (χ1) is 12.7. The van der Waals surface area contributed by atoms with E-state index in [2.05, 4.69) is 17.3 Å². The third kappa shape index (κ3) is 4.38. The van der Waals surface area contributed by atoms with Crippen molar-refractivity contribution in [3.05, 3.63) is 52.8 Å². The SMILES string of the molecule is CCCN(C(=O)Cn1nc(-c2ccccc2)ccc1=O)C1CCNCC1. The predicted molar refractivity (Wildman–Crippen MR) is 102 cm³/mol. The van der Waals surface area contributed by atoms with Crippen molar-refractivity contribution >= 4 is 5.91 Å². The van der Waals surface area contributed by atoms with Gasteiger partial charge in [0.15, 0.2) is 0 Å². The van der Waals surface area contributed by atoms with Gasteiger partial charge in [-0.05, 0) is 38.4 Å². The summed E-state index contributed by atoms with van der Waals surface area (Å²) >= 11 is 0. The van der Waals surface area contributed by atoms with Crippen molar-refractivity contribution in [3.8, 4) is 11.3 Å². The van der Waals surface area contributed by atoms with Crippen molar-refractivity contribution in [1.82, 2.24) is 20.0 Å². The third-order valence-electron chi connectivity index (χ3n) is 4.76. The van der Waals surface area contributed by atoms with Gasteiger partial charge >= 0.3 is 0 Å². The summed E-state index contributed by atoms with van der Waals surface area (Å²) in [4.78, 5) is 27.1. The molecule has 1 aromatic carbocycles. The van der Waals surface area contributed by atoms with Crippen molar-refractivity contribution < 1.29 is 4.79 Å². The lowest BCUT2D eigenvalue weighted by molar-refractivity contribution is -0.135. The lowest BCUT2D eigenvalue weighted by atomic mass is 10.0. The monoisotopic (exact) mass is 354 g/mol. The fourth-order valence-corrected chi connectivity index (χ4v) is 3.41. The zero-order valence-electron chi connectivity index (χ0n) is 15.2. The molecule has 1 N–H and O–H groups in total. The van der Waals surface area contributed by atoms with E-state index in [0.29, 0.717) is 5.69 Å². The molecule has 1 fully saturated rings. The second kappa shape index (κ2) is 8.76. The van der Waals surface area contributed by atoms with Gasteiger partial charge in [-0.3, -0.25) is 9.59 Å². The molecule has 1 amide bonds. The molecule has 6 heteroatoms. The van der Waals surface area contributed by atoms with Gasteiger partial charge in [-0.25, -0.2) is 4.68 Å². The van der Waals surface area contributed by atoms with Crippen LogP contribution in [0.25, 0.3) is 11.3 Å². The van der Waals surface area contributed by atoms with Crippen LogP contribution in [0.3, 0.4) is 0 Å². The second-order valence-electron chi connectivity index (χ2n) is 6.65. The van der Waals surface area contributed by atoms with Crippen molar-refractivity contribution in [2.75, 3.05) is 19.6 Å². The zero-order chi connectivity index (χ0) is 18.4. The molecular formula is C20H26N4O2. The summed E-state index contributed by atoms with van der Waals surface area (Å²) in [5.74, 6) is -0.0291. The number of amides is 1. The van der Waals surface area contributed by atoms with Gasteiger partial charge in [0, 0.05) is 24.2 Å². The van der Waals surface area contributed by atoms with E-state index in [1.54, 1.807) is 6.07 Å². The Hall–Kier alpha value is -2.47. The van der Waals surface area contributed by atoms with E-state index in [4.69, 9.17) is 0 Å². The highest BCUT2D eigenvalue weighted by Crippen LogP contribution is 2.15. The fourth-order valence-electron chi connectivity index (χ4n) is 3.41. The number of piperidine rings is 1. The number of carbonyl (C=O) groups excluding carboxylic acids is 1. The summed E-state index contributed by atoms with van der Waals surface area (Å²) in [6, 6.07) is 13.1. The average molecular weight is 354 g/mol. The Morgan fingerprint density at radius 3 is 2.62 bits per heavy atom. The van der Waals surface area contributed by atoms with Crippen LogP contribution >= 0.6 is 0 Å². The quantitative estimate of drug-likeness (QED) is 0.860. The maximum absolute atomic E-state index is 12.9. The Labute approximate surface area is 153 Å². The second-order valence-corrected chi connectivity index (χ2v) is 6.65. The molecule has 1 aliphatic heterocycles. The summed E-state index contributed by atoms with van der Waals surface area (Å²) in [6.07, 6.45) is 2.82. The van der Waals surface area contributed by atoms with Crippen LogP contribution in [0.4, 0.5) is 0 Å². The van der Waals surface area contributed by atoms with Crippen molar-refractivity contribution in [1.29, 1.82) is 0 Å². The van der Waals surface area contributed by atoms with Crippen LogP contribution in [-0.4, -0.2) is 46.3 Å². The van der Waals surface area contributed by atoms with Crippen LogP contribution in [0.5, 0.6) is 0 Å². The maximum atomic E-state index is 12.9. The average Bonchev–Trinajstić information content (AvgIpc) is 2.69. The third-order valence-corrected chi connectivity index (χ3v) is 4.76. The smallest absolute Gasteiger partial charge is 0.267 e. The van der Waals surface area contributed by atoms with E-state index in [0.717, 1.165) is 44.5 Å². The first kappa shape index (κ1) is 18.3. The molecular weight excluding hydrogens is 328 g/mol. The summed E-state index contributed by atoms with van der Waals surface area (Å²) in [5.41, 5.74) is 1.37. The minimum Gasteiger partial charge on any atom is -0.338 e. The molecule has 0 unspecified atom stereocenters. The molecule has 26 heavy (non-hydrogen) atoms. The first-order valence-electron chi connectivity index (χ1n) is 9.33. The number of rotatable bonds is 6. The van der Waals surface area contributed by atoms with Gasteiger partial charge in [0.1, 0.15) is 6.54 Å². The highest BCUT2D eigenvalue weighted by atomic mass is 16.2. The van der Waals surface area contributed by atoms with Gasteiger partial charge in [0.25, 0.3) is 5.56 Å². The topological polar surface area (TPSA) is 67.2 Å². The molecule has 2 heterocycles. The van der Waals surface area contributed by atoms with E-state index >= 15 is 0 Å². The predicted octanol–water partition coefficient (Wildman–Crippen LogP) is 1.90. The molecule has 0 spiro atoms. The molecule has 0 aliphatic carbocycles. The summed E-state index contributed by atoms with van der Waals surface area (Å²) < 4.78 is 1.29. The number of hydrogen-bond donors (Lipinski definition) is 1. The lowest BCUT2D eigenvalue weighted by Crippen LogP contribution is -2.48. The van der Waals surface area contributed by atoms with Crippen molar-refractivity contribution in [2.45, 2.75) is 38.8 Å². The molecule has 0 bridgehead atoms. The molecule has 1 saturated heterocycles. The molecule has 3 rings (SSSR count). The van der Waals surface area contributed by atoms with Crippen molar-refractivity contribution in [3.63, 3.8) is 0 Å². The van der Waals surface area contributed by atoms with Crippen LogP contribution in [0, 0.1) is 0 Å². The lowest BCUT2D eigenvalue weighted by Gasteiger charge is -2.34. The summed E-state index contributed by atoms with van der Waals surface area (Å²) in [6.45, 7) is 4.64. The van der Waals surface area contributed by atoms with Crippen LogP contribution < -0.4 is 10.9 Å². The molecule has 2 aromatic rings. The van der Waals surface area contributed by atoms with E-state index in [9.17, 15) is 9.59 Å². The number of carbonyl (C=O) groups is 1. The van der Waals surface area contributed by atoms with Gasteiger partial charge in [0.05, 0.1) is 5.69 Å². The van der Waals surface area contributed by atoms with Gasteiger partial charge in [-0.2, -0.15) is 5.10 Å². The summed E-state index contributed by atoms with van der Waals surface area (Å²) in [5, 5.41) is 7.74. The number of benzene rings is 1. The van der Waals surface area contributed by atoms with E-state index < -0.39 is 0 Å². The van der Waals surface area contributed by atoms with E-state index in [-0.39, 0.29) is 24.1 Å². The molecule has 1 aromatic heterocycles. The largest absolute Gasteiger partial charge is 0.338 e. The number of nitrogens with one attached hydrogen (secondary N) is 1. The van der Waals surface area contributed by atoms with Crippen LogP contribution in [-0.2, 0) is 11.3 Å². The number of nitrogens with zero attached hydrogens (tertiary/aromatic N) is 3. The van der Waals surface area contributed by atoms with Crippen LogP contribution in [0.2, 0.25) is 0 Å². The first-order valence-corrected chi connectivity index (χ1v) is 9.33. The minimum absolute atomic E-state index is 0.0105. The fraction of sp³-hybridized carbons (Fsp3) is 0.450. The normalized spacial score (nSPS) is 15.0. The molecule has 0 saturated carbocycles. The van der Waals surface area contributed by atoms with E-state index in [1.807, 2.05) is 35.2 Å². The van der Waals surface area contributed by atoms with Gasteiger partial charge < -0.3 is 10.2 Å². The molecule has 0 radical (unpaired) electrons. The highest BCUT2D eigenvalue weighted by Gasteiger charge is 2.25. The van der Waals surface area contributed by atoms with Crippen LogP contribution in [0.15, 0.2) is 47.3 Å². The molecule has 0 atom stereocenters. The van der Waals surface area contributed by atoms with Crippen LogP contribution in [0.1, 0.15) is 26.2 Å². The van der Waals surface area contributed by atoms with E-state index in [1.165, 1.54) is 10.7 Å².